The molecule has 134 valence electrons. The molecule has 0 spiro atoms. The predicted molar refractivity (Wildman–Crippen MR) is 96.2 cm³/mol. The van der Waals surface area contributed by atoms with E-state index in [-0.39, 0.29) is 5.92 Å². The summed E-state index contributed by atoms with van der Waals surface area (Å²) in [5.74, 6) is 0.314. The molecular formula is C20H27N3O2. The largest absolute Gasteiger partial charge is 0.366 e. The molecule has 2 saturated carbocycles. The van der Waals surface area contributed by atoms with Crippen LogP contribution < -0.4 is 5.73 Å². The van der Waals surface area contributed by atoms with Crippen LogP contribution in [0.3, 0.4) is 0 Å². The average molecular weight is 341 g/mol. The molecule has 5 nitrogen and oxygen atoms in total. The van der Waals surface area contributed by atoms with Crippen molar-refractivity contribution in [2.45, 2.75) is 50.6 Å². The van der Waals surface area contributed by atoms with Crippen LogP contribution in [0, 0.1) is 5.92 Å². The molecule has 2 aliphatic carbocycles. The van der Waals surface area contributed by atoms with Crippen LogP contribution in [-0.4, -0.2) is 53.3 Å². The number of nitrogens with two attached hydrogens (primary N) is 1. The normalized spacial score (nSPS) is 30.0. The quantitative estimate of drug-likeness (QED) is 0.910. The highest BCUT2D eigenvalue weighted by Crippen LogP contribution is 2.48. The number of rotatable bonds is 4. The Labute approximate surface area is 149 Å². The van der Waals surface area contributed by atoms with Crippen molar-refractivity contribution in [3.05, 3.63) is 35.4 Å². The number of nitrogens with zero attached hydrogens (tertiary/aromatic N) is 2. The number of hydrogen-bond donors (Lipinski definition) is 1. The first-order chi connectivity index (χ1) is 12.0. The van der Waals surface area contributed by atoms with Crippen LogP contribution in [-0.2, 0) is 4.79 Å². The molecule has 2 N–H and O–H groups in total. The molecule has 25 heavy (non-hydrogen) atoms. The Morgan fingerprint density at radius 2 is 1.84 bits per heavy atom. The fraction of sp³-hybridized carbons (Fsp3) is 0.600. The molecule has 0 unspecified atom stereocenters. The summed E-state index contributed by atoms with van der Waals surface area (Å²) >= 11 is 0. The zero-order valence-electron chi connectivity index (χ0n) is 14.9. The monoisotopic (exact) mass is 341 g/mol. The van der Waals surface area contributed by atoms with Crippen molar-refractivity contribution in [2.75, 3.05) is 19.6 Å². The van der Waals surface area contributed by atoms with Crippen LogP contribution in [0.1, 0.15) is 54.4 Å². The number of carbonyl (C=O) groups excluding carboxylic acids is 2. The van der Waals surface area contributed by atoms with Crippen molar-refractivity contribution < 1.29 is 9.59 Å². The van der Waals surface area contributed by atoms with E-state index in [9.17, 15) is 9.59 Å². The molecule has 1 aromatic carbocycles. The van der Waals surface area contributed by atoms with Crippen LogP contribution in [0.25, 0.3) is 0 Å². The lowest BCUT2D eigenvalue weighted by Crippen LogP contribution is -2.58. The van der Waals surface area contributed by atoms with Gasteiger partial charge in [0.1, 0.15) is 0 Å². The highest BCUT2D eigenvalue weighted by atomic mass is 16.2. The molecule has 3 atom stereocenters. The lowest BCUT2D eigenvalue weighted by molar-refractivity contribution is -0.136. The molecule has 2 amide bonds. The third-order valence-corrected chi connectivity index (χ3v) is 6.27. The SMILES string of the molecule is C[C@@H]1CN(C(=O)[C@@H]2C[C@H]2c2ccc(C(N)=O)cc2)CCN1C1CCC1. The number of amides is 2. The maximum atomic E-state index is 12.9. The Balaban J connectivity index is 1.34. The molecule has 1 heterocycles. The minimum Gasteiger partial charge on any atom is -0.366 e. The van der Waals surface area contributed by atoms with Gasteiger partial charge < -0.3 is 10.6 Å². The van der Waals surface area contributed by atoms with Gasteiger partial charge in [-0.1, -0.05) is 18.6 Å². The second-order valence-electron chi connectivity index (χ2n) is 7.89. The van der Waals surface area contributed by atoms with E-state index in [0.717, 1.165) is 37.7 Å². The first-order valence-corrected chi connectivity index (χ1v) is 9.49. The van der Waals surface area contributed by atoms with Crippen molar-refractivity contribution in [2.24, 2.45) is 11.7 Å². The highest BCUT2D eigenvalue weighted by Gasteiger charge is 2.47. The average Bonchev–Trinajstić information content (AvgIpc) is 3.35. The van der Waals surface area contributed by atoms with Gasteiger partial charge in [0.2, 0.25) is 11.8 Å². The van der Waals surface area contributed by atoms with Gasteiger partial charge in [0.05, 0.1) is 0 Å². The summed E-state index contributed by atoms with van der Waals surface area (Å²) in [5.41, 5.74) is 6.95. The molecule has 5 heteroatoms. The molecular weight excluding hydrogens is 314 g/mol. The molecule has 3 fully saturated rings. The number of carbonyl (C=O) groups is 2. The molecule has 1 aliphatic heterocycles. The van der Waals surface area contributed by atoms with Crippen LogP contribution in [0.15, 0.2) is 24.3 Å². The van der Waals surface area contributed by atoms with E-state index in [1.165, 1.54) is 19.3 Å². The van der Waals surface area contributed by atoms with E-state index in [2.05, 4.69) is 16.7 Å². The molecule has 3 aliphatic rings. The van der Waals surface area contributed by atoms with E-state index in [1.54, 1.807) is 12.1 Å². The zero-order chi connectivity index (χ0) is 17.6. The van der Waals surface area contributed by atoms with E-state index in [0.29, 0.717) is 23.4 Å². The van der Waals surface area contributed by atoms with Gasteiger partial charge >= 0.3 is 0 Å². The zero-order valence-corrected chi connectivity index (χ0v) is 14.9. The van der Waals surface area contributed by atoms with Gasteiger partial charge in [-0.3, -0.25) is 14.5 Å². The van der Waals surface area contributed by atoms with Crippen LogP contribution in [0.2, 0.25) is 0 Å². The number of piperazine rings is 1. The lowest BCUT2D eigenvalue weighted by Gasteiger charge is -2.47. The van der Waals surface area contributed by atoms with Gasteiger partial charge in [0.15, 0.2) is 0 Å². The third kappa shape index (κ3) is 3.17. The van der Waals surface area contributed by atoms with Crippen molar-refractivity contribution in [1.29, 1.82) is 0 Å². The standard InChI is InChI=1S/C20H27N3O2/c1-13-12-22(9-10-23(13)16-3-2-4-16)20(25)18-11-17(18)14-5-7-15(8-6-14)19(21)24/h5-8,13,16-18H,2-4,9-12H2,1H3,(H2,21,24)/t13-,17+,18-/m1/s1. The summed E-state index contributed by atoms with van der Waals surface area (Å²) in [6.07, 6.45) is 4.93. The van der Waals surface area contributed by atoms with E-state index >= 15 is 0 Å². The summed E-state index contributed by atoms with van der Waals surface area (Å²) in [6, 6.07) is 8.62. The van der Waals surface area contributed by atoms with Crippen molar-refractivity contribution >= 4 is 11.8 Å². The fourth-order valence-corrected chi connectivity index (χ4v) is 4.40. The minimum absolute atomic E-state index is 0.113. The van der Waals surface area contributed by atoms with Gasteiger partial charge in [0, 0.05) is 43.2 Å². The molecule has 0 aromatic heterocycles. The number of hydrogen-bond acceptors (Lipinski definition) is 3. The summed E-state index contributed by atoms with van der Waals surface area (Å²) in [6.45, 7) is 5.00. The van der Waals surface area contributed by atoms with Crippen molar-refractivity contribution in [3.8, 4) is 0 Å². The van der Waals surface area contributed by atoms with Crippen LogP contribution in [0.4, 0.5) is 0 Å². The molecule has 0 bridgehead atoms. The van der Waals surface area contributed by atoms with Gasteiger partial charge in [-0.25, -0.2) is 0 Å². The van der Waals surface area contributed by atoms with Crippen LogP contribution >= 0.6 is 0 Å². The van der Waals surface area contributed by atoms with Gasteiger partial charge in [-0.15, -0.1) is 0 Å². The Hall–Kier alpha value is -1.88. The third-order valence-electron chi connectivity index (χ3n) is 6.27. The predicted octanol–water partition coefficient (Wildman–Crippen LogP) is 1.97. The Bertz CT molecular complexity index is 668. The van der Waals surface area contributed by atoms with E-state index < -0.39 is 5.91 Å². The van der Waals surface area contributed by atoms with Gasteiger partial charge in [-0.05, 0) is 49.8 Å². The molecule has 0 radical (unpaired) electrons. The highest BCUT2D eigenvalue weighted by molar-refractivity contribution is 5.92. The van der Waals surface area contributed by atoms with Crippen molar-refractivity contribution in [3.63, 3.8) is 0 Å². The summed E-state index contributed by atoms with van der Waals surface area (Å²) in [7, 11) is 0. The molecule has 4 rings (SSSR count). The number of primary amides is 1. The lowest BCUT2D eigenvalue weighted by atomic mass is 9.89. The molecule has 1 aromatic rings. The summed E-state index contributed by atoms with van der Waals surface area (Å²) in [5, 5.41) is 0. The Morgan fingerprint density at radius 1 is 1.12 bits per heavy atom. The first-order valence-electron chi connectivity index (χ1n) is 9.49. The van der Waals surface area contributed by atoms with Gasteiger partial charge in [-0.2, -0.15) is 0 Å². The molecule has 1 saturated heterocycles. The number of benzene rings is 1. The van der Waals surface area contributed by atoms with E-state index in [4.69, 9.17) is 5.73 Å². The maximum Gasteiger partial charge on any atom is 0.248 e. The fourth-order valence-electron chi connectivity index (χ4n) is 4.40. The first kappa shape index (κ1) is 16.6. The topological polar surface area (TPSA) is 66.6 Å². The summed E-state index contributed by atoms with van der Waals surface area (Å²) in [4.78, 5) is 28.7. The minimum atomic E-state index is -0.409. The second-order valence-corrected chi connectivity index (χ2v) is 7.89. The Morgan fingerprint density at radius 3 is 2.40 bits per heavy atom. The summed E-state index contributed by atoms with van der Waals surface area (Å²) < 4.78 is 0. The van der Waals surface area contributed by atoms with Crippen molar-refractivity contribution in [1.82, 2.24) is 9.80 Å². The smallest absolute Gasteiger partial charge is 0.248 e. The maximum absolute atomic E-state index is 12.9. The Kier molecular flexibility index (Phi) is 4.28. The van der Waals surface area contributed by atoms with E-state index in [1.807, 2.05) is 12.1 Å². The second kappa shape index (κ2) is 6.45. The van der Waals surface area contributed by atoms with Crippen LogP contribution in [0.5, 0.6) is 0 Å². The van der Waals surface area contributed by atoms with Gasteiger partial charge in [0.25, 0.3) is 0 Å².